The molecule has 0 saturated heterocycles. The SMILES string of the molecule is c1ccc(-c2cccc(-c3ccc(N(c4ccc(-c5ccc6c(c5)sc5c7ccccc7ccc65)cc4)c4ccc(-c5ccccc5-n5c6ccccc6c6ccccc65)cc4)cc3)c2)cc1. The molecule has 2 nitrogen and oxygen atoms in total. The summed E-state index contributed by atoms with van der Waals surface area (Å²) in [6.07, 6.45) is 0. The Hall–Kier alpha value is -8.50. The average Bonchev–Trinajstić information content (AvgIpc) is 3.95. The molecule has 0 bridgehead atoms. The molecule has 2 aromatic heterocycles. The third-order valence-corrected chi connectivity index (χ3v) is 14.6. The smallest absolute Gasteiger partial charge is 0.0541 e. The van der Waals surface area contributed by atoms with Gasteiger partial charge in [0, 0.05) is 53.6 Å². The number of rotatable bonds is 8. The van der Waals surface area contributed by atoms with Crippen LogP contribution in [0.2, 0.25) is 0 Å². The lowest BCUT2D eigenvalue weighted by Crippen LogP contribution is -2.09. The molecule has 13 rings (SSSR count). The van der Waals surface area contributed by atoms with E-state index in [0.717, 1.165) is 28.3 Å². The number of para-hydroxylation sites is 3. The van der Waals surface area contributed by atoms with Crippen LogP contribution >= 0.6 is 11.3 Å². The van der Waals surface area contributed by atoms with Gasteiger partial charge < -0.3 is 9.47 Å². The first-order valence-electron chi connectivity index (χ1n) is 22.9. The molecule has 314 valence electrons. The highest BCUT2D eigenvalue weighted by Gasteiger charge is 2.18. The average molecular weight is 871 g/mol. The van der Waals surface area contributed by atoms with E-state index in [1.165, 1.54) is 91.7 Å². The van der Waals surface area contributed by atoms with Crippen molar-refractivity contribution in [3.63, 3.8) is 0 Å². The Morgan fingerprint density at radius 3 is 1.43 bits per heavy atom. The van der Waals surface area contributed by atoms with E-state index in [1.807, 2.05) is 11.3 Å². The fourth-order valence-corrected chi connectivity index (χ4v) is 11.4. The third kappa shape index (κ3) is 6.79. The number of nitrogens with zero attached hydrogens (tertiary/aromatic N) is 2. The third-order valence-electron chi connectivity index (χ3n) is 13.4. The molecule has 2 heterocycles. The van der Waals surface area contributed by atoms with Gasteiger partial charge in [-0.25, -0.2) is 0 Å². The van der Waals surface area contributed by atoms with Crippen LogP contribution in [0.25, 0.3) is 103 Å². The zero-order chi connectivity index (χ0) is 44.3. The van der Waals surface area contributed by atoms with Crippen molar-refractivity contribution in [3.05, 3.63) is 255 Å². The van der Waals surface area contributed by atoms with E-state index >= 15 is 0 Å². The highest BCUT2D eigenvalue weighted by Crippen LogP contribution is 2.43. The number of fused-ring (bicyclic) bond motifs is 8. The Balaban J connectivity index is 0.884. The van der Waals surface area contributed by atoms with Crippen molar-refractivity contribution in [3.8, 4) is 50.2 Å². The Labute approximate surface area is 393 Å². The van der Waals surface area contributed by atoms with Crippen LogP contribution in [-0.4, -0.2) is 4.57 Å². The van der Waals surface area contributed by atoms with Crippen molar-refractivity contribution >= 4 is 81.1 Å². The molecule has 3 heteroatoms. The summed E-state index contributed by atoms with van der Waals surface area (Å²) in [5, 5.41) is 7.76. The van der Waals surface area contributed by atoms with E-state index in [1.54, 1.807) is 0 Å². The van der Waals surface area contributed by atoms with Crippen LogP contribution in [0.3, 0.4) is 0 Å². The maximum atomic E-state index is 2.42. The molecule has 11 aromatic carbocycles. The lowest BCUT2D eigenvalue weighted by molar-refractivity contribution is 1.18. The molecule has 67 heavy (non-hydrogen) atoms. The Bertz CT molecular complexity index is 3900. The predicted molar refractivity (Wildman–Crippen MR) is 288 cm³/mol. The second-order valence-corrected chi connectivity index (χ2v) is 18.3. The summed E-state index contributed by atoms with van der Waals surface area (Å²) in [7, 11) is 0. The zero-order valence-corrected chi connectivity index (χ0v) is 37.4. The highest BCUT2D eigenvalue weighted by atomic mass is 32.1. The van der Waals surface area contributed by atoms with Gasteiger partial charge in [-0.3, -0.25) is 0 Å². The van der Waals surface area contributed by atoms with Crippen molar-refractivity contribution in [2.24, 2.45) is 0 Å². The van der Waals surface area contributed by atoms with Crippen LogP contribution in [0.1, 0.15) is 0 Å². The van der Waals surface area contributed by atoms with Crippen LogP contribution in [-0.2, 0) is 0 Å². The first-order chi connectivity index (χ1) is 33.2. The Morgan fingerprint density at radius 1 is 0.299 bits per heavy atom. The number of anilines is 3. The molecule has 0 atom stereocenters. The van der Waals surface area contributed by atoms with Crippen LogP contribution in [0, 0.1) is 0 Å². The topological polar surface area (TPSA) is 8.17 Å². The molecule has 0 saturated carbocycles. The van der Waals surface area contributed by atoms with Gasteiger partial charge in [0.2, 0.25) is 0 Å². The zero-order valence-electron chi connectivity index (χ0n) is 36.6. The Morgan fingerprint density at radius 2 is 0.776 bits per heavy atom. The summed E-state index contributed by atoms with van der Waals surface area (Å²) >= 11 is 1.89. The molecule has 13 aromatic rings. The minimum Gasteiger partial charge on any atom is -0.311 e. The molecule has 0 amide bonds. The molecular formula is C64H42N2S. The van der Waals surface area contributed by atoms with Crippen LogP contribution in [0.15, 0.2) is 255 Å². The molecule has 0 spiro atoms. The van der Waals surface area contributed by atoms with Gasteiger partial charge in [-0.1, -0.05) is 188 Å². The number of aromatic nitrogens is 1. The largest absolute Gasteiger partial charge is 0.311 e. The molecule has 0 aliphatic heterocycles. The molecule has 0 aliphatic carbocycles. The minimum absolute atomic E-state index is 1.09. The van der Waals surface area contributed by atoms with Crippen molar-refractivity contribution in [2.45, 2.75) is 0 Å². The van der Waals surface area contributed by atoms with Gasteiger partial charge in [0.1, 0.15) is 0 Å². The molecular weight excluding hydrogens is 829 g/mol. The molecule has 0 aliphatic rings. The lowest BCUT2D eigenvalue weighted by atomic mass is 9.98. The van der Waals surface area contributed by atoms with E-state index in [2.05, 4.69) is 264 Å². The second-order valence-electron chi connectivity index (χ2n) is 17.3. The van der Waals surface area contributed by atoms with Gasteiger partial charge in [-0.2, -0.15) is 0 Å². The van der Waals surface area contributed by atoms with E-state index < -0.39 is 0 Å². The summed E-state index contributed by atoms with van der Waals surface area (Å²) in [4.78, 5) is 2.37. The first-order valence-corrected chi connectivity index (χ1v) is 23.7. The first kappa shape index (κ1) is 38.9. The van der Waals surface area contributed by atoms with Gasteiger partial charge in [0.15, 0.2) is 0 Å². The van der Waals surface area contributed by atoms with Crippen LogP contribution < -0.4 is 4.90 Å². The lowest BCUT2D eigenvalue weighted by Gasteiger charge is -2.26. The summed E-state index contributed by atoms with van der Waals surface area (Å²) in [5.74, 6) is 0. The summed E-state index contributed by atoms with van der Waals surface area (Å²) in [6.45, 7) is 0. The number of hydrogen-bond acceptors (Lipinski definition) is 2. The van der Waals surface area contributed by atoms with Crippen molar-refractivity contribution in [2.75, 3.05) is 4.90 Å². The molecule has 0 unspecified atom stereocenters. The van der Waals surface area contributed by atoms with Crippen LogP contribution in [0.4, 0.5) is 17.1 Å². The fourth-order valence-electron chi connectivity index (χ4n) is 10.1. The van der Waals surface area contributed by atoms with E-state index in [9.17, 15) is 0 Å². The monoisotopic (exact) mass is 870 g/mol. The molecule has 0 radical (unpaired) electrons. The number of hydrogen-bond donors (Lipinski definition) is 0. The Kier molecular flexibility index (Phi) is 9.40. The number of thiophene rings is 1. The van der Waals surface area contributed by atoms with Crippen molar-refractivity contribution in [1.82, 2.24) is 4.57 Å². The van der Waals surface area contributed by atoms with Crippen molar-refractivity contribution in [1.29, 1.82) is 0 Å². The quantitative estimate of drug-likeness (QED) is 0.148. The van der Waals surface area contributed by atoms with E-state index in [4.69, 9.17) is 0 Å². The molecule has 0 fully saturated rings. The predicted octanol–water partition coefficient (Wildman–Crippen LogP) is 18.4. The van der Waals surface area contributed by atoms with Gasteiger partial charge in [0.05, 0.1) is 16.7 Å². The van der Waals surface area contributed by atoms with Gasteiger partial charge in [-0.05, 0) is 116 Å². The normalized spacial score (nSPS) is 11.6. The van der Waals surface area contributed by atoms with Gasteiger partial charge >= 0.3 is 0 Å². The highest BCUT2D eigenvalue weighted by molar-refractivity contribution is 7.26. The van der Waals surface area contributed by atoms with Gasteiger partial charge in [0.25, 0.3) is 0 Å². The molecule has 0 N–H and O–H groups in total. The van der Waals surface area contributed by atoms with E-state index in [0.29, 0.717) is 0 Å². The summed E-state index contributed by atoms with van der Waals surface area (Å²) < 4.78 is 5.08. The van der Waals surface area contributed by atoms with Crippen LogP contribution in [0.5, 0.6) is 0 Å². The second kappa shape index (κ2) is 16.2. The maximum absolute atomic E-state index is 2.42. The summed E-state index contributed by atoms with van der Waals surface area (Å²) in [5.41, 5.74) is 16.4. The number of benzene rings is 11. The van der Waals surface area contributed by atoms with E-state index in [-0.39, 0.29) is 0 Å². The summed E-state index contributed by atoms with van der Waals surface area (Å²) in [6, 6.07) is 93.0. The fraction of sp³-hybridized carbons (Fsp3) is 0. The van der Waals surface area contributed by atoms with Crippen molar-refractivity contribution < 1.29 is 0 Å². The maximum Gasteiger partial charge on any atom is 0.0541 e. The standard InChI is InChI=1S/C64H42N2S/c1-2-13-43(14-3-1)48-16-12-17-49(41-48)44-25-33-51(34-26-44)65(52-35-27-45(28-36-52)50-32-39-58-59-40-31-46-15-4-5-19-55(46)64(59)67-63(58)42-50)53-37-29-47(30-38-53)54-18-6-9-22-60(54)66-61-23-10-7-20-56(61)57-21-8-11-24-62(57)66/h1-42H. The minimum atomic E-state index is 1.09. The van der Waals surface area contributed by atoms with Gasteiger partial charge in [-0.15, -0.1) is 11.3 Å².